The Morgan fingerprint density at radius 3 is 2.60 bits per heavy atom. The number of carbonyl (C=O) groups excluding carboxylic acids is 1. The van der Waals surface area contributed by atoms with Crippen LogP contribution < -0.4 is 15.2 Å². The molecule has 2 N–H and O–H groups in total. The van der Waals surface area contributed by atoms with Gasteiger partial charge in [-0.15, -0.1) is 0 Å². The molecule has 132 valence electrons. The van der Waals surface area contributed by atoms with E-state index in [1.54, 1.807) is 14.2 Å². The fourth-order valence-electron chi connectivity index (χ4n) is 3.39. The van der Waals surface area contributed by atoms with Gasteiger partial charge in [-0.3, -0.25) is 4.79 Å². The summed E-state index contributed by atoms with van der Waals surface area (Å²) in [6, 6.07) is 13.8. The molecule has 25 heavy (non-hydrogen) atoms. The number of hydrogen-bond acceptors (Lipinski definition) is 4. The van der Waals surface area contributed by atoms with Crippen molar-refractivity contribution in [3.05, 3.63) is 53.6 Å². The molecule has 0 bridgehead atoms. The summed E-state index contributed by atoms with van der Waals surface area (Å²) in [5.74, 6) is 1.63. The molecule has 1 aliphatic heterocycles. The Hall–Kier alpha value is -2.69. The lowest BCUT2D eigenvalue weighted by molar-refractivity contribution is -0.129. The van der Waals surface area contributed by atoms with E-state index in [4.69, 9.17) is 15.2 Å². The lowest BCUT2D eigenvalue weighted by atomic mass is 10.0. The highest BCUT2D eigenvalue weighted by Crippen LogP contribution is 2.30. The molecule has 1 amide bonds. The van der Waals surface area contributed by atoms with Gasteiger partial charge >= 0.3 is 0 Å². The summed E-state index contributed by atoms with van der Waals surface area (Å²) in [7, 11) is 3.26. The average molecular weight is 340 g/mol. The number of carbonyl (C=O) groups is 1. The third-order valence-electron chi connectivity index (χ3n) is 4.68. The highest BCUT2D eigenvalue weighted by atomic mass is 16.5. The average Bonchev–Trinajstić information content (AvgIpc) is 2.95. The van der Waals surface area contributed by atoms with Gasteiger partial charge in [-0.05, 0) is 48.2 Å². The SMILES string of the molecule is COc1ccc(CC2CCC(=O)N2Cc2cccc(N)c2)cc1OC. The monoisotopic (exact) mass is 340 g/mol. The van der Waals surface area contributed by atoms with Crippen molar-refractivity contribution in [1.82, 2.24) is 4.90 Å². The van der Waals surface area contributed by atoms with E-state index in [0.29, 0.717) is 24.5 Å². The topological polar surface area (TPSA) is 64.8 Å². The Kier molecular flexibility index (Phi) is 5.12. The molecule has 2 aromatic rings. The minimum Gasteiger partial charge on any atom is -0.493 e. The Labute approximate surface area is 148 Å². The van der Waals surface area contributed by atoms with Crippen LogP contribution in [-0.4, -0.2) is 31.1 Å². The van der Waals surface area contributed by atoms with Crippen LogP contribution >= 0.6 is 0 Å². The number of nitrogen functional groups attached to an aromatic ring is 1. The third-order valence-corrected chi connectivity index (χ3v) is 4.68. The lowest BCUT2D eigenvalue weighted by Gasteiger charge is -2.25. The summed E-state index contributed by atoms with van der Waals surface area (Å²) in [5, 5.41) is 0. The minimum absolute atomic E-state index is 0.187. The fraction of sp³-hybridized carbons (Fsp3) is 0.350. The van der Waals surface area contributed by atoms with Crippen molar-refractivity contribution in [3.63, 3.8) is 0 Å². The van der Waals surface area contributed by atoms with Crippen LogP contribution in [0, 0.1) is 0 Å². The zero-order valence-corrected chi connectivity index (χ0v) is 14.7. The Morgan fingerprint density at radius 1 is 1.08 bits per heavy atom. The Balaban J connectivity index is 1.75. The van der Waals surface area contributed by atoms with Crippen molar-refractivity contribution in [2.24, 2.45) is 0 Å². The molecule has 0 radical (unpaired) electrons. The van der Waals surface area contributed by atoms with Gasteiger partial charge in [0, 0.05) is 24.7 Å². The standard InChI is InChI=1S/C20H24N2O3/c1-24-18-8-6-14(12-19(18)25-2)11-17-7-9-20(23)22(17)13-15-4-3-5-16(21)10-15/h3-6,8,10,12,17H,7,9,11,13,21H2,1-2H3. The molecule has 0 aliphatic carbocycles. The van der Waals surface area contributed by atoms with Crippen molar-refractivity contribution in [2.75, 3.05) is 20.0 Å². The molecule has 2 aromatic carbocycles. The van der Waals surface area contributed by atoms with Crippen LogP contribution in [0.25, 0.3) is 0 Å². The number of rotatable bonds is 6. The number of likely N-dealkylation sites (tertiary alicyclic amines) is 1. The second-order valence-corrected chi connectivity index (χ2v) is 6.35. The van der Waals surface area contributed by atoms with Gasteiger partial charge in [0.05, 0.1) is 14.2 Å². The van der Waals surface area contributed by atoms with Crippen LogP contribution in [0.1, 0.15) is 24.0 Å². The minimum atomic E-state index is 0.187. The predicted molar refractivity (Wildman–Crippen MR) is 97.7 cm³/mol. The van der Waals surface area contributed by atoms with E-state index in [1.807, 2.05) is 47.4 Å². The third kappa shape index (κ3) is 3.87. The molecule has 1 fully saturated rings. The van der Waals surface area contributed by atoms with Crippen molar-refractivity contribution in [1.29, 1.82) is 0 Å². The second kappa shape index (κ2) is 7.47. The maximum absolute atomic E-state index is 12.3. The summed E-state index contributed by atoms with van der Waals surface area (Å²) < 4.78 is 10.7. The number of hydrogen-bond donors (Lipinski definition) is 1. The van der Waals surface area contributed by atoms with Crippen LogP contribution in [0.15, 0.2) is 42.5 Å². The van der Waals surface area contributed by atoms with Crippen LogP contribution in [0.5, 0.6) is 11.5 Å². The summed E-state index contributed by atoms with van der Waals surface area (Å²) in [6.07, 6.45) is 2.27. The molecule has 1 atom stereocenters. The van der Waals surface area contributed by atoms with Crippen LogP contribution in [0.3, 0.4) is 0 Å². The van der Waals surface area contributed by atoms with E-state index in [2.05, 4.69) is 0 Å². The number of nitrogens with zero attached hydrogens (tertiary/aromatic N) is 1. The molecule has 0 saturated carbocycles. The first-order valence-corrected chi connectivity index (χ1v) is 8.45. The summed E-state index contributed by atoms with van der Waals surface area (Å²) >= 11 is 0. The van der Waals surface area contributed by atoms with Crippen LogP contribution in [-0.2, 0) is 17.8 Å². The molecule has 1 heterocycles. The van der Waals surface area contributed by atoms with Crippen molar-refractivity contribution >= 4 is 11.6 Å². The van der Waals surface area contributed by atoms with Gasteiger partial charge < -0.3 is 20.1 Å². The van der Waals surface area contributed by atoms with Gasteiger partial charge in [-0.2, -0.15) is 0 Å². The maximum Gasteiger partial charge on any atom is 0.223 e. The highest BCUT2D eigenvalue weighted by molar-refractivity contribution is 5.78. The van der Waals surface area contributed by atoms with E-state index in [9.17, 15) is 4.79 Å². The molecular weight excluding hydrogens is 316 g/mol. The predicted octanol–water partition coefficient (Wildman–Crippen LogP) is 3.02. The summed E-state index contributed by atoms with van der Waals surface area (Å²) in [4.78, 5) is 14.3. The van der Waals surface area contributed by atoms with Crippen LogP contribution in [0.4, 0.5) is 5.69 Å². The lowest BCUT2D eigenvalue weighted by Crippen LogP contribution is -2.33. The Bertz CT molecular complexity index is 760. The normalized spacial score (nSPS) is 17.0. The number of methoxy groups -OCH3 is 2. The quantitative estimate of drug-likeness (QED) is 0.821. The van der Waals surface area contributed by atoms with Crippen LogP contribution in [0.2, 0.25) is 0 Å². The van der Waals surface area contributed by atoms with Gasteiger partial charge in [0.1, 0.15) is 0 Å². The number of nitrogens with two attached hydrogens (primary N) is 1. The molecule has 0 aromatic heterocycles. The van der Waals surface area contributed by atoms with Gasteiger partial charge in [0.25, 0.3) is 0 Å². The second-order valence-electron chi connectivity index (χ2n) is 6.35. The van der Waals surface area contributed by atoms with E-state index >= 15 is 0 Å². The van der Waals surface area contributed by atoms with Gasteiger partial charge in [-0.1, -0.05) is 18.2 Å². The van der Waals surface area contributed by atoms with E-state index in [-0.39, 0.29) is 11.9 Å². The van der Waals surface area contributed by atoms with Crippen molar-refractivity contribution in [3.8, 4) is 11.5 Å². The molecule has 1 aliphatic rings. The van der Waals surface area contributed by atoms with Gasteiger partial charge in [0.2, 0.25) is 5.91 Å². The van der Waals surface area contributed by atoms with Gasteiger partial charge in [0.15, 0.2) is 11.5 Å². The summed E-state index contributed by atoms with van der Waals surface area (Å²) in [5.41, 5.74) is 8.78. The van der Waals surface area contributed by atoms with E-state index < -0.39 is 0 Å². The number of amides is 1. The van der Waals surface area contributed by atoms with Crippen molar-refractivity contribution in [2.45, 2.75) is 31.8 Å². The van der Waals surface area contributed by atoms with E-state index in [0.717, 1.165) is 29.7 Å². The summed E-state index contributed by atoms with van der Waals surface area (Å²) in [6.45, 7) is 0.599. The largest absolute Gasteiger partial charge is 0.493 e. The maximum atomic E-state index is 12.3. The number of ether oxygens (including phenoxy) is 2. The first-order valence-electron chi connectivity index (χ1n) is 8.45. The van der Waals surface area contributed by atoms with Gasteiger partial charge in [-0.25, -0.2) is 0 Å². The molecule has 5 heteroatoms. The smallest absolute Gasteiger partial charge is 0.223 e. The van der Waals surface area contributed by atoms with Crippen molar-refractivity contribution < 1.29 is 14.3 Å². The molecule has 5 nitrogen and oxygen atoms in total. The first-order chi connectivity index (χ1) is 12.1. The first kappa shape index (κ1) is 17.1. The zero-order valence-electron chi connectivity index (χ0n) is 14.7. The molecule has 0 spiro atoms. The molecule has 1 saturated heterocycles. The van der Waals surface area contributed by atoms with E-state index in [1.165, 1.54) is 0 Å². The fourth-order valence-corrected chi connectivity index (χ4v) is 3.39. The Morgan fingerprint density at radius 2 is 1.88 bits per heavy atom. The number of benzene rings is 2. The zero-order chi connectivity index (χ0) is 17.8. The number of anilines is 1. The molecule has 3 rings (SSSR count). The highest BCUT2D eigenvalue weighted by Gasteiger charge is 2.31. The molecular formula is C20H24N2O3. The molecule has 1 unspecified atom stereocenters.